The van der Waals surface area contributed by atoms with Crippen molar-refractivity contribution in [1.29, 1.82) is 0 Å². The van der Waals surface area contributed by atoms with E-state index in [-0.39, 0.29) is 5.69 Å². The largest absolute Gasteiger partial charge is 0.379 e. The molecule has 8 nitrogen and oxygen atoms in total. The molecule has 1 heterocycles. The number of ether oxygens (including phenoxy) is 1. The molecule has 0 spiro atoms. The van der Waals surface area contributed by atoms with Gasteiger partial charge < -0.3 is 9.57 Å². The number of nitrogens with zero attached hydrogens (tertiary/aromatic N) is 3. The first-order valence-electron chi connectivity index (χ1n) is 5.70. The molecule has 0 aromatic heterocycles. The van der Waals surface area contributed by atoms with Crippen molar-refractivity contribution < 1.29 is 19.3 Å². The number of carbonyl (C=O) groups excluding carboxylic acids is 1. The van der Waals surface area contributed by atoms with Crippen LogP contribution in [0.15, 0.2) is 24.3 Å². The summed E-state index contributed by atoms with van der Waals surface area (Å²) in [5.41, 5.74) is -0.0311. The number of hydrazine groups is 1. The van der Waals surface area contributed by atoms with Crippen molar-refractivity contribution in [3.8, 4) is 5.75 Å². The Morgan fingerprint density at radius 1 is 1.32 bits per heavy atom. The number of hydrogen-bond acceptors (Lipinski definition) is 6. The third-order valence-electron chi connectivity index (χ3n) is 2.60. The average Bonchev–Trinajstić information content (AvgIpc) is 2.46. The zero-order chi connectivity index (χ0) is 13.7. The van der Waals surface area contributed by atoms with E-state index in [4.69, 9.17) is 9.57 Å². The molecular weight excluding hydrogens is 254 g/mol. The summed E-state index contributed by atoms with van der Waals surface area (Å²) >= 11 is 0. The van der Waals surface area contributed by atoms with Crippen LogP contribution in [0.25, 0.3) is 0 Å². The second-order valence-electron chi connectivity index (χ2n) is 3.82. The van der Waals surface area contributed by atoms with E-state index in [2.05, 4.69) is 0 Å². The highest BCUT2D eigenvalue weighted by Gasteiger charge is 2.19. The lowest BCUT2D eigenvalue weighted by molar-refractivity contribution is -0.384. The van der Waals surface area contributed by atoms with Crippen LogP contribution in [0.1, 0.15) is 0 Å². The van der Waals surface area contributed by atoms with E-state index in [0.29, 0.717) is 38.5 Å². The molecule has 1 fully saturated rings. The van der Waals surface area contributed by atoms with Crippen molar-refractivity contribution in [1.82, 2.24) is 10.2 Å². The fourth-order valence-corrected chi connectivity index (χ4v) is 1.63. The SMILES string of the molecule is O=CN(Oc1ccc([N+](=O)[O-])cc1)N1CCOCC1. The summed E-state index contributed by atoms with van der Waals surface area (Å²) in [6.07, 6.45) is 0.548. The number of non-ortho nitro benzene ring substituents is 1. The van der Waals surface area contributed by atoms with Gasteiger partial charge in [0, 0.05) is 25.2 Å². The van der Waals surface area contributed by atoms with Crippen LogP contribution in [0, 0.1) is 10.1 Å². The van der Waals surface area contributed by atoms with Crippen molar-refractivity contribution in [3.05, 3.63) is 34.4 Å². The Morgan fingerprint density at radius 2 is 1.95 bits per heavy atom. The van der Waals surface area contributed by atoms with Gasteiger partial charge in [-0.05, 0) is 12.1 Å². The summed E-state index contributed by atoms with van der Waals surface area (Å²) in [7, 11) is 0. The molecule has 102 valence electrons. The van der Waals surface area contributed by atoms with Gasteiger partial charge in [-0.15, -0.1) is 5.17 Å². The predicted molar refractivity (Wildman–Crippen MR) is 64.0 cm³/mol. The van der Waals surface area contributed by atoms with Crippen LogP contribution < -0.4 is 4.84 Å². The number of rotatable bonds is 5. The minimum absolute atomic E-state index is 0.0311. The normalized spacial score (nSPS) is 15.8. The van der Waals surface area contributed by atoms with Gasteiger partial charge in [-0.3, -0.25) is 14.9 Å². The highest BCUT2D eigenvalue weighted by molar-refractivity contribution is 5.45. The molecule has 1 saturated heterocycles. The second-order valence-corrected chi connectivity index (χ2v) is 3.82. The highest BCUT2D eigenvalue weighted by atomic mass is 16.7. The van der Waals surface area contributed by atoms with E-state index < -0.39 is 4.92 Å². The first-order valence-corrected chi connectivity index (χ1v) is 5.70. The van der Waals surface area contributed by atoms with Crippen molar-refractivity contribution in [2.75, 3.05) is 26.3 Å². The molecule has 19 heavy (non-hydrogen) atoms. The van der Waals surface area contributed by atoms with E-state index in [0.717, 1.165) is 5.17 Å². The van der Waals surface area contributed by atoms with E-state index in [1.165, 1.54) is 24.3 Å². The van der Waals surface area contributed by atoms with E-state index in [9.17, 15) is 14.9 Å². The topological polar surface area (TPSA) is 85.2 Å². The van der Waals surface area contributed by atoms with Gasteiger partial charge in [0.15, 0.2) is 5.75 Å². The lowest BCUT2D eigenvalue weighted by Crippen LogP contribution is -2.49. The average molecular weight is 267 g/mol. The molecule has 1 aliphatic heterocycles. The van der Waals surface area contributed by atoms with Crippen molar-refractivity contribution in [2.24, 2.45) is 0 Å². The van der Waals surface area contributed by atoms with Gasteiger partial charge in [-0.2, -0.15) is 5.01 Å². The van der Waals surface area contributed by atoms with Crippen LogP contribution in [0.4, 0.5) is 5.69 Å². The fraction of sp³-hybridized carbons (Fsp3) is 0.364. The molecule has 1 aromatic carbocycles. The van der Waals surface area contributed by atoms with Crippen LogP contribution in [-0.4, -0.2) is 47.8 Å². The Bertz CT molecular complexity index is 444. The molecular formula is C11H13N3O5. The van der Waals surface area contributed by atoms with Crippen LogP contribution >= 0.6 is 0 Å². The van der Waals surface area contributed by atoms with Crippen LogP contribution in [0.2, 0.25) is 0 Å². The number of nitro benzene ring substituents is 1. The molecule has 0 N–H and O–H groups in total. The Balaban J connectivity index is 2.01. The first-order chi connectivity index (χ1) is 9.20. The molecule has 1 amide bonds. The quantitative estimate of drug-likeness (QED) is 0.441. The van der Waals surface area contributed by atoms with E-state index >= 15 is 0 Å². The van der Waals surface area contributed by atoms with E-state index in [1.807, 2.05) is 0 Å². The van der Waals surface area contributed by atoms with Crippen molar-refractivity contribution >= 4 is 12.1 Å². The summed E-state index contributed by atoms with van der Waals surface area (Å²) in [5, 5.41) is 13.3. The Labute approximate surface area is 109 Å². The summed E-state index contributed by atoms with van der Waals surface area (Å²) in [6, 6.07) is 5.51. The molecule has 0 bridgehead atoms. The lowest BCUT2D eigenvalue weighted by atomic mass is 10.3. The molecule has 2 rings (SSSR count). The number of hydroxylamine groups is 1. The molecule has 0 aliphatic carbocycles. The standard InChI is InChI=1S/C11H13N3O5/c15-9-13(12-5-7-18-8-6-12)19-11-3-1-10(2-4-11)14(16)17/h1-4,9H,5-8H2. The zero-order valence-corrected chi connectivity index (χ0v) is 10.1. The minimum atomic E-state index is -0.497. The smallest absolute Gasteiger partial charge is 0.269 e. The van der Waals surface area contributed by atoms with Crippen LogP contribution in [-0.2, 0) is 9.53 Å². The Kier molecular flexibility index (Phi) is 4.26. The number of carbonyl (C=O) groups is 1. The summed E-state index contributed by atoms with van der Waals surface area (Å²) in [4.78, 5) is 26.4. The van der Waals surface area contributed by atoms with Gasteiger partial charge in [0.05, 0.1) is 18.1 Å². The monoisotopic (exact) mass is 267 g/mol. The molecule has 0 radical (unpaired) electrons. The summed E-state index contributed by atoms with van der Waals surface area (Å²) in [5.74, 6) is 0.351. The van der Waals surface area contributed by atoms with Gasteiger partial charge in [0.1, 0.15) is 0 Å². The highest BCUT2D eigenvalue weighted by Crippen LogP contribution is 2.18. The summed E-state index contributed by atoms with van der Waals surface area (Å²) in [6.45, 7) is 2.14. The fourth-order valence-electron chi connectivity index (χ4n) is 1.63. The third-order valence-corrected chi connectivity index (χ3v) is 2.60. The zero-order valence-electron chi connectivity index (χ0n) is 10.1. The van der Waals surface area contributed by atoms with Crippen LogP contribution in [0.5, 0.6) is 5.75 Å². The van der Waals surface area contributed by atoms with Crippen LogP contribution in [0.3, 0.4) is 0 Å². The first kappa shape index (κ1) is 13.2. The number of morpholine rings is 1. The number of hydrogen-bond donors (Lipinski definition) is 0. The van der Waals surface area contributed by atoms with Gasteiger partial charge in [-0.25, -0.2) is 0 Å². The molecule has 0 atom stereocenters. The maximum atomic E-state index is 11.0. The minimum Gasteiger partial charge on any atom is -0.379 e. The Morgan fingerprint density at radius 3 is 2.47 bits per heavy atom. The molecule has 0 saturated carbocycles. The van der Waals surface area contributed by atoms with Crippen molar-refractivity contribution in [3.63, 3.8) is 0 Å². The molecule has 1 aromatic rings. The van der Waals surface area contributed by atoms with E-state index in [1.54, 1.807) is 5.01 Å². The number of amides is 1. The molecule has 0 unspecified atom stereocenters. The van der Waals surface area contributed by atoms with Gasteiger partial charge >= 0.3 is 0 Å². The maximum Gasteiger partial charge on any atom is 0.269 e. The number of benzene rings is 1. The van der Waals surface area contributed by atoms with Gasteiger partial charge in [0.25, 0.3) is 12.1 Å². The molecule has 8 heteroatoms. The predicted octanol–water partition coefficient (Wildman–Crippen LogP) is 0.594. The summed E-state index contributed by atoms with van der Waals surface area (Å²) < 4.78 is 5.17. The number of nitro groups is 1. The van der Waals surface area contributed by atoms with Crippen molar-refractivity contribution in [2.45, 2.75) is 0 Å². The van der Waals surface area contributed by atoms with Gasteiger partial charge in [-0.1, -0.05) is 0 Å². The molecule has 1 aliphatic rings. The Hall–Kier alpha value is -2.19. The van der Waals surface area contributed by atoms with Gasteiger partial charge in [0.2, 0.25) is 0 Å². The lowest BCUT2D eigenvalue weighted by Gasteiger charge is -2.32. The third kappa shape index (κ3) is 3.39. The second kappa shape index (κ2) is 6.12. The maximum absolute atomic E-state index is 11.0.